The number of rotatable bonds is 3. The van der Waals surface area contributed by atoms with Crippen LogP contribution >= 0.6 is 0 Å². The molecule has 1 aromatic rings. The second-order valence-electron chi connectivity index (χ2n) is 3.91. The van der Waals surface area contributed by atoms with Crippen LogP contribution in [0.3, 0.4) is 0 Å². The van der Waals surface area contributed by atoms with Gasteiger partial charge in [0.25, 0.3) is 0 Å². The summed E-state index contributed by atoms with van der Waals surface area (Å²) >= 11 is 0. The lowest BCUT2D eigenvalue weighted by Gasteiger charge is -2.10. The smallest absolute Gasteiger partial charge is 0.340 e. The average molecular weight is 242 g/mol. The summed E-state index contributed by atoms with van der Waals surface area (Å²) in [6.45, 7) is 0. The van der Waals surface area contributed by atoms with E-state index >= 15 is 0 Å². The van der Waals surface area contributed by atoms with Gasteiger partial charge >= 0.3 is 5.97 Å². The molecule has 2 atom stereocenters. The van der Waals surface area contributed by atoms with Crippen molar-refractivity contribution in [2.24, 2.45) is 0 Å². The Morgan fingerprint density at radius 2 is 2.24 bits per heavy atom. The van der Waals surface area contributed by atoms with E-state index in [2.05, 4.69) is 10.1 Å². The van der Waals surface area contributed by atoms with Crippen molar-refractivity contribution in [1.82, 2.24) is 0 Å². The molecule has 1 aromatic carbocycles. The van der Waals surface area contributed by atoms with Crippen molar-refractivity contribution < 1.29 is 18.3 Å². The number of alkyl halides is 1. The molecule has 17 heavy (non-hydrogen) atoms. The normalized spacial score (nSPS) is 22.1. The predicted molar refractivity (Wildman–Crippen MR) is 59.1 cm³/mol. The molecule has 0 radical (unpaired) electrons. The van der Waals surface area contributed by atoms with Crippen LogP contribution in [0, 0.1) is 5.82 Å². The summed E-state index contributed by atoms with van der Waals surface area (Å²) in [5, 5.41) is 2.77. The number of nitrogens with two attached hydrogens (primary N) is 1. The minimum atomic E-state index is -0.919. The van der Waals surface area contributed by atoms with Crippen LogP contribution in [0.5, 0.6) is 0 Å². The van der Waals surface area contributed by atoms with Gasteiger partial charge in [0, 0.05) is 6.42 Å². The van der Waals surface area contributed by atoms with Crippen molar-refractivity contribution in [2.75, 3.05) is 18.2 Å². The summed E-state index contributed by atoms with van der Waals surface area (Å²) in [6, 6.07) is 1.94. The zero-order chi connectivity index (χ0) is 12.6. The van der Waals surface area contributed by atoms with Gasteiger partial charge in [-0.2, -0.15) is 0 Å². The lowest BCUT2D eigenvalue weighted by atomic mass is 10.1. The number of nitrogens with one attached hydrogen (secondary N) is 1. The molecule has 0 unspecified atom stereocenters. The topological polar surface area (TPSA) is 64.3 Å². The van der Waals surface area contributed by atoms with Gasteiger partial charge in [-0.3, -0.25) is 0 Å². The molecule has 0 aromatic heterocycles. The highest BCUT2D eigenvalue weighted by Gasteiger charge is 2.37. The summed E-state index contributed by atoms with van der Waals surface area (Å²) in [6.07, 6.45) is -0.530. The molecule has 1 aliphatic rings. The van der Waals surface area contributed by atoms with Gasteiger partial charge in [0.15, 0.2) is 0 Å². The number of hydrogen-bond acceptors (Lipinski definition) is 4. The molecule has 0 amide bonds. The zero-order valence-corrected chi connectivity index (χ0v) is 9.17. The minimum Gasteiger partial charge on any atom is -0.465 e. The summed E-state index contributed by atoms with van der Waals surface area (Å²) in [5.74, 6) is -1.54. The fourth-order valence-electron chi connectivity index (χ4n) is 1.49. The summed E-state index contributed by atoms with van der Waals surface area (Å²) < 4.78 is 30.6. The van der Waals surface area contributed by atoms with Crippen LogP contribution in [-0.2, 0) is 4.74 Å². The molecule has 4 nitrogen and oxygen atoms in total. The van der Waals surface area contributed by atoms with E-state index in [4.69, 9.17) is 5.73 Å². The van der Waals surface area contributed by atoms with Gasteiger partial charge in [0.2, 0.25) is 0 Å². The highest BCUT2D eigenvalue weighted by molar-refractivity contribution is 5.92. The maximum Gasteiger partial charge on any atom is 0.340 e. The molecule has 1 fully saturated rings. The van der Waals surface area contributed by atoms with Crippen LogP contribution in [-0.4, -0.2) is 25.3 Å². The highest BCUT2D eigenvalue weighted by Crippen LogP contribution is 2.32. The first-order valence-corrected chi connectivity index (χ1v) is 5.11. The van der Waals surface area contributed by atoms with Crippen LogP contribution in [0.1, 0.15) is 16.8 Å². The average Bonchev–Trinajstić information content (AvgIpc) is 2.98. The predicted octanol–water partition coefficient (Wildman–Crippen LogP) is 1.72. The molecule has 0 aliphatic heterocycles. The Hall–Kier alpha value is -1.85. The lowest BCUT2D eigenvalue weighted by Crippen LogP contribution is -2.10. The quantitative estimate of drug-likeness (QED) is 0.625. The molecule has 1 saturated carbocycles. The van der Waals surface area contributed by atoms with Crippen molar-refractivity contribution in [3.05, 3.63) is 23.5 Å². The third-order valence-corrected chi connectivity index (χ3v) is 2.60. The molecule has 1 aliphatic carbocycles. The van der Waals surface area contributed by atoms with E-state index in [1.807, 2.05) is 0 Å². The fourth-order valence-corrected chi connectivity index (χ4v) is 1.49. The first kappa shape index (κ1) is 11.6. The third-order valence-electron chi connectivity index (χ3n) is 2.60. The Balaban J connectivity index is 2.24. The second kappa shape index (κ2) is 4.20. The van der Waals surface area contributed by atoms with Crippen LogP contribution in [0.25, 0.3) is 0 Å². The van der Waals surface area contributed by atoms with Gasteiger partial charge in [-0.05, 0) is 12.1 Å². The number of nitrogen functional groups attached to an aromatic ring is 1. The number of halogens is 2. The van der Waals surface area contributed by atoms with E-state index in [9.17, 15) is 13.6 Å². The maximum absolute atomic E-state index is 13.5. The molecule has 2 rings (SSSR count). The standard InChI is InChI=1S/C11H12F2N2O2/c1-17-11(16)5-2-8(14)10(3-6(5)12)15-9-4-7(9)13/h2-3,7,9,15H,4,14H2,1H3/t7-,9+/m1/s1. The second-order valence-corrected chi connectivity index (χ2v) is 3.91. The van der Waals surface area contributed by atoms with Crippen molar-refractivity contribution >= 4 is 17.3 Å². The highest BCUT2D eigenvalue weighted by atomic mass is 19.1. The fraction of sp³-hybridized carbons (Fsp3) is 0.364. The van der Waals surface area contributed by atoms with E-state index in [-0.39, 0.29) is 17.3 Å². The van der Waals surface area contributed by atoms with E-state index in [0.29, 0.717) is 12.1 Å². The van der Waals surface area contributed by atoms with Crippen LogP contribution in [0.15, 0.2) is 12.1 Å². The largest absolute Gasteiger partial charge is 0.465 e. The number of hydrogen-bond donors (Lipinski definition) is 2. The Labute approximate surface area is 96.7 Å². The number of ether oxygens (including phenoxy) is 1. The van der Waals surface area contributed by atoms with Crippen molar-refractivity contribution in [3.8, 4) is 0 Å². The van der Waals surface area contributed by atoms with E-state index in [0.717, 1.165) is 13.2 Å². The molecule has 0 spiro atoms. The monoisotopic (exact) mass is 242 g/mol. The number of benzene rings is 1. The number of carbonyl (C=O) groups excluding carboxylic acids is 1. The number of anilines is 2. The minimum absolute atomic E-state index is 0.186. The van der Waals surface area contributed by atoms with Crippen LogP contribution in [0.4, 0.5) is 20.2 Å². The van der Waals surface area contributed by atoms with E-state index < -0.39 is 18.0 Å². The van der Waals surface area contributed by atoms with Crippen LogP contribution in [0.2, 0.25) is 0 Å². The summed E-state index contributed by atoms with van der Waals surface area (Å²) in [7, 11) is 1.15. The van der Waals surface area contributed by atoms with Gasteiger partial charge in [0.05, 0.1) is 30.1 Å². The first-order chi connectivity index (χ1) is 8.02. The lowest BCUT2D eigenvalue weighted by molar-refractivity contribution is 0.0595. The molecular formula is C11H12F2N2O2. The van der Waals surface area contributed by atoms with Crippen molar-refractivity contribution in [3.63, 3.8) is 0 Å². The number of carbonyl (C=O) groups is 1. The van der Waals surface area contributed by atoms with Gasteiger partial charge < -0.3 is 15.8 Å². The molecule has 3 N–H and O–H groups in total. The number of esters is 1. The van der Waals surface area contributed by atoms with Gasteiger partial charge in [0.1, 0.15) is 12.0 Å². The molecule has 0 saturated heterocycles. The Morgan fingerprint density at radius 1 is 1.59 bits per heavy atom. The van der Waals surface area contributed by atoms with Gasteiger partial charge in [-0.25, -0.2) is 13.6 Å². The third kappa shape index (κ3) is 2.30. The van der Waals surface area contributed by atoms with Gasteiger partial charge in [-0.1, -0.05) is 0 Å². The molecule has 0 heterocycles. The Morgan fingerprint density at radius 3 is 2.76 bits per heavy atom. The molecule has 92 valence electrons. The SMILES string of the molecule is COC(=O)c1cc(N)c(N[C@H]2C[C@H]2F)cc1F. The van der Waals surface area contributed by atoms with Gasteiger partial charge in [-0.15, -0.1) is 0 Å². The van der Waals surface area contributed by atoms with Crippen LogP contribution < -0.4 is 11.1 Å². The molecule has 6 heteroatoms. The van der Waals surface area contributed by atoms with E-state index in [1.54, 1.807) is 0 Å². The van der Waals surface area contributed by atoms with Crippen molar-refractivity contribution in [2.45, 2.75) is 18.6 Å². The maximum atomic E-state index is 13.5. The molecular weight excluding hydrogens is 230 g/mol. The Kier molecular flexibility index (Phi) is 2.87. The summed E-state index contributed by atoms with van der Waals surface area (Å²) in [5.41, 5.74) is 5.89. The molecule has 0 bridgehead atoms. The zero-order valence-electron chi connectivity index (χ0n) is 9.17. The van der Waals surface area contributed by atoms with Crippen molar-refractivity contribution in [1.29, 1.82) is 0 Å². The first-order valence-electron chi connectivity index (χ1n) is 5.11. The van der Waals surface area contributed by atoms with E-state index in [1.165, 1.54) is 6.07 Å². The Bertz CT molecular complexity index is 465. The number of methoxy groups -OCH3 is 1. The summed E-state index contributed by atoms with van der Waals surface area (Å²) in [4.78, 5) is 11.2.